The molecule has 0 aliphatic heterocycles. The maximum atomic E-state index is 12.9. The molecule has 4 aliphatic rings. The van der Waals surface area contributed by atoms with Crippen molar-refractivity contribution >= 4 is 5.97 Å². The Labute approximate surface area is 307 Å². The average Bonchev–Trinajstić information content (AvgIpc) is 3.44. The lowest BCUT2D eigenvalue weighted by molar-refractivity contribution is -0.162. The summed E-state index contributed by atoms with van der Waals surface area (Å²) < 4.78 is 6.19. The third kappa shape index (κ3) is 11.2. The van der Waals surface area contributed by atoms with Crippen LogP contribution in [-0.2, 0) is 9.53 Å². The lowest BCUT2D eigenvalue weighted by atomic mass is 9.44. The van der Waals surface area contributed by atoms with Gasteiger partial charge in [0.15, 0.2) is 0 Å². The Hall–Kier alpha value is -0.530. The van der Waals surface area contributed by atoms with Gasteiger partial charge in [0, 0.05) is 6.42 Å². The first-order valence-corrected chi connectivity index (χ1v) is 22.8. The number of hydrogen-bond donors (Lipinski definition) is 0. The fourth-order valence-corrected chi connectivity index (χ4v) is 12.9. The lowest BCUT2D eigenvalue weighted by Gasteiger charge is -2.61. The number of carbonyl (C=O) groups is 1. The Morgan fingerprint density at radius 1 is 0.653 bits per heavy atom. The molecular weight excluding hydrogens is 597 g/mol. The number of esters is 1. The first kappa shape index (κ1) is 41.2. The molecule has 286 valence electrons. The van der Waals surface area contributed by atoms with Crippen molar-refractivity contribution in [2.75, 3.05) is 0 Å². The topological polar surface area (TPSA) is 26.3 Å². The van der Waals surface area contributed by atoms with E-state index in [4.69, 9.17) is 4.74 Å². The van der Waals surface area contributed by atoms with Crippen LogP contribution in [0.4, 0.5) is 0 Å². The van der Waals surface area contributed by atoms with E-state index in [0.29, 0.717) is 17.3 Å². The maximum Gasteiger partial charge on any atom is 0.306 e. The van der Waals surface area contributed by atoms with Gasteiger partial charge in [0.05, 0.1) is 0 Å². The molecule has 4 fully saturated rings. The normalized spacial score (nSPS) is 33.9. The highest BCUT2D eigenvalue weighted by atomic mass is 16.5. The zero-order valence-corrected chi connectivity index (χ0v) is 34.3. The number of unbranched alkanes of at least 4 members (excludes halogenated alkanes) is 14. The standard InChI is InChI=1S/C47H86O2/c1-8-10-11-12-13-14-15-16-17-18-19-20-21-22-23-24-45(48)49-40-31-33-46(6)39(35-40)27-28-41-43-30-29-42(47(43,7)34-32-44(41)46)37(5)25-26-38(9-2)36(3)4/h36-44H,8-35H2,1-7H3/t37-,38-,39+,40+,41+,42-,43+,44+,46+,47-/m1/s1. The molecule has 0 bridgehead atoms. The molecule has 0 aromatic carbocycles. The molecule has 4 rings (SSSR count). The van der Waals surface area contributed by atoms with Crippen LogP contribution in [0.25, 0.3) is 0 Å². The number of ether oxygens (including phenoxy) is 1. The van der Waals surface area contributed by atoms with Gasteiger partial charge in [0.25, 0.3) is 0 Å². The summed E-state index contributed by atoms with van der Waals surface area (Å²) in [5, 5.41) is 0. The van der Waals surface area contributed by atoms with Crippen molar-refractivity contribution in [1.29, 1.82) is 0 Å². The van der Waals surface area contributed by atoms with E-state index in [9.17, 15) is 4.79 Å². The molecule has 0 amide bonds. The SMILES string of the molecule is CCCCCCCCCCCCCCCCCC(=O)O[C@H]1CC[C@@]2(C)[C@@H](CC[C@@H]3[C@@H]2CC[C@]2(C)[C@@H]([C@H](C)CC[C@@H](CC)C(C)C)CC[C@@H]32)C1. The van der Waals surface area contributed by atoms with Crippen molar-refractivity contribution < 1.29 is 9.53 Å². The Morgan fingerprint density at radius 2 is 1.22 bits per heavy atom. The van der Waals surface area contributed by atoms with Crippen LogP contribution in [0.15, 0.2) is 0 Å². The van der Waals surface area contributed by atoms with E-state index >= 15 is 0 Å². The van der Waals surface area contributed by atoms with E-state index in [0.717, 1.165) is 66.6 Å². The summed E-state index contributed by atoms with van der Waals surface area (Å²) in [5.74, 6) is 7.20. The molecule has 0 aromatic heterocycles. The Balaban J connectivity index is 1.10. The van der Waals surface area contributed by atoms with E-state index in [1.54, 1.807) is 0 Å². The highest BCUT2D eigenvalue weighted by molar-refractivity contribution is 5.69. The van der Waals surface area contributed by atoms with Gasteiger partial charge in [-0.25, -0.2) is 0 Å². The molecule has 0 saturated heterocycles. The fraction of sp³-hybridized carbons (Fsp3) is 0.979. The lowest BCUT2D eigenvalue weighted by Crippen LogP contribution is -2.54. The van der Waals surface area contributed by atoms with Crippen LogP contribution in [0.5, 0.6) is 0 Å². The molecule has 0 spiro atoms. The molecule has 4 aliphatic carbocycles. The second-order valence-corrected chi connectivity index (χ2v) is 19.4. The highest BCUT2D eigenvalue weighted by Gasteiger charge is 2.60. The van der Waals surface area contributed by atoms with Crippen molar-refractivity contribution in [3.63, 3.8) is 0 Å². The van der Waals surface area contributed by atoms with Crippen molar-refractivity contribution in [1.82, 2.24) is 0 Å². The zero-order valence-electron chi connectivity index (χ0n) is 34.3. The first-order chi connectivity index (χ1) is 23.6. The monoisotopic (exact) mass is 683 g/mol. The quantitative estimate of drug-likeness (QED) is 0.0792. The van der Waals surface area contributed by atoms with Gasteiger partial charge in [-0.05, 0) is 129 Å². The molecule has 0 radical (unpaired) electrons. The van der Waals surface area contributed by atoms with Crippen LogP contribution < -0.4 is 0 Å². The predicted octanol–water partition coefficient (Wildman–Crippen LogP) is 14.9. The second-order valence-electron chi connectivity index (χ2n) is 19.4. The molecule has 49 heavy (non-hydrogen) atoms. The molecular formula is C47H86O2. The number of carbonyl (C=O) groups excluding carboxylic acids is 1. The first-order valence-electron chi connectivity index (χ1n) is 22.8. The van der Waals surface area contributed by atoms with Gasteiger partial charge in [0.2, 0.25) is 0 Å². The molecule has 2 nitrogen and oxygen atoms in total. The second kappa shape index (κ2) is 20.6. The van der Waals surface area contributed by atoms with Crippen LogP contribution in [-0.4, -0.2) is 12.1 Å². The summed E-state index contributed by atoms with van der Waals surface area (Å²) in [6.45, 7) is 17.6. The molecule has 2 heteroatoms. The van der Waals surface area contributed by atoms with Gasteiger partial charge >= 0.3 is 5.97 Å². The number of fused-ring (bicyclic) bond motifs is 5. The van der Waals surface area contributed by atoms with Gasteiger partial charge in [0.1, 0.15) is 6.10 Å². The zero-order chi connectivity index (χ0) is 35.3. The third-order valence-corrected chi connectivity index (χ3v) is 16.1. The van der Waals surface area contributed by atoms with E-state index in [-0.39, 0.29) is 12.1 Å². The number of rotatable bonds is 23. The predicted molar refractivity (Wildman–Crippen MR) is 212 cm³/mol. The van der Waals surface area contributed by atoms with E-state index in [1.807, 2.05) is 0 Å². The smallest absolute Gasteiger partial charge is 0.306 e. The Morgan fingerprint density at radius 3 is 1.82 bits per heavy atom. The molecule has 4 saturated carbocycles. The summed E-state index contributed by atoms with van der Waals surface area (Å²) in [4.78, 5) is 12.9. The maximum absolute atomic E-state index is 12.9. The fourth-order valence-electron chi connectivity index (χ4n) is 12.9. The Bertz CT molecular complexity index is 925. The Kier molecular flexibility index (Phi) is 17.4. The molecule has 0 heterocycles. The van der Waals surface area contributed by atoms with Gasteiger partial charge in [-0.3, -0.25) is 4.79 Å². The van der Waals surface area contributed by atoms with Gasteiger partial charge in [-0.1, -0.05) is 151 Å². The summed E-state index contributed by atoms with van der Waals surface area (Å²) in [6.07, 6.45) is 37.8. The van der Waals surface area contributed by atoms with Crippen molar-refractivity contribution in [2.45, 2.75) is 234 Å². The van der Waals surface area contributed by atoms with Gasteiger partial charge in [-0.15, -0.1) is 0 Å². The van der Waals surface area contributed by atoms with E-state index in [2.05, 4.69) is 48.5 Å². The van der Waals surface area contributed by atoms with E-state index < -0.39 is 0 Å². The summed E-state index contributed by atoms with van der Waals surface area (Å²) in [6, 6.07) is 0. The van der Waals surface area contributed by atoms with Crippen LogP contribution >= 0.6 is 0 Å². The van der Waals surface area contributed by atoms with Crippen molar-refractivity contribution in [3.8, 4) is 0 Å². The van der Waals surface area contributed by atoms with Crippen LogP contribution in [0.2, 0.25) is 0 Å². The van der Waals surface area contributed by atoms with Crippen molar-refractivity contribution in [3.05, 3.63) is 0 Å². The number of hydrogen-bond acceptors (Lipinski definition) is 2. The largest absolute Gasteiger partial charge is 0.462 e. The molecule has 0 unspecified atom stereocenters. The minimum atomic E-state index is 0.0928. The minimum Gasteiger partial charge on any atom is -0.462 e. The van der Waals surface area contributed by atoms with Gasteiger partial charge in [-0.2, -0.15) is 0 Å². The van der Waals surface area contributed by atoms with E-state index in [1.165, 1.54) is 154 Å². The summed E-state index contributed by atoms with van der Waals surface area (Å²) >= 11 is 0. The summed E-state index contributed by atoms with van der Waals surface area (Å²) in [7, 11) is 0. The van der Waals surface area contributed by atoms with Crippen LogP contribution in [0.1, 0.15) is 228 Å². The highest BCUT2D eigenvalue weighted by Crippen LogP contribution is 2.68. The van der Waals surface area contributed by atoms with Gasteiger partial charge < -0.3 is 4.74 Å². The minimum absolute atomic E-state index is 0.0928. The summed E-state index contributed by atoms with van der Waals surface area (Å²) in [5.41, 5.74) is 1.04. The van der Waals surface area contributed by atoms with Crippen LogP contribution in [0.3, 0.4) is 0 Å². The molecule has 0 N–H and O–H groups in total. The molecule has 10 atom stereocenters. The van der Waals surface area contributed by atoms with Crippen molar-refractivity contribution in [2.24, 2.45) is 58.2 Å². The van der Waals surface area contributed by atoms with Crippen LogP contribution in [0, 0.1) is 58.2 Å². The molecule has 0 aromatic rings. The third-order valence-electron chi connectivity index (χ3n) is 16.1. The average molecular weight is 683 g/mol.